The zero-order valence-corrected chi connectivity index (χ0v) is 13.5. The molecule has 1 atom stereocenters. The van der Waals surface area contributed by atoms with Gasteiger partial charge in [0.2, 0.25) is 0 Å². The number of aromatic carboxylic acids is 1. The van der Waals surface area contributed by atoms with E-state index < -0.39 is 5.97 Å². The maximum absolute atomic E-state index is 12.8. The van der Waals surface area contributed by atoms with Crippen LogP contribution in [0.2, 0.25) is 0 Å². The third-order valence-corrected chi connectivity index (χ3v) is 4.81. The van der Waals surface area contributed by atoms with Gasteiger partial charge in [-0.15, -0.1) is 0 Å². The Morgan fingerprint density at radius 1 is 1.00 bits per heavy atom. The Hall–Kier alpha value is -3.14. The number of hydrogen-bond acceptors (Lipinski definition) is 2. The van der Waals surface area contributed by atoms with Crippen molar-refractivity contribution in [3.8, 4) is 0 Å². The molecular formula is C21H17NO3. The molecule has 0 aromatic heterocycles. The molecule has 4 heteroatoms. The second-order valence-corrected chi connectivity index (χ2v) is 6.31. The number of carbonyl (C=O) groups is 2. The Morgan fingerprint density at radius 2 is 1.80 bits per heavy atom. The summed E-state index contributed by atoms with van der Waals surface area (Å²) in [6.07, 6.45) is 1.63. The lowest BCUT2D eigenvalue weighted by Crippen LogP contribution is -2.27. The summed E-state index contributed by atoms with van der Waals surface area (Å²) in [4.78, 5) is 24.0. The van der Waals surface area contributed by atoms with E-state index in [-0.39, 0.29) is 17.5 Å². The minimum absolute atomic E-state index is 0.129. The van der Waals surface area contributed by atoms with Gasteiger partial charge in [-0.1, -0.05) is 42.5 Å². The van der Waals surface area contributed by atoms with Crippen molar-refractivity contribution in [2.45, 2.75) is 18.9 Å². The van der Waals surface area contributed by atoms with Crippen LogP contribution in [-0.4, -0.2) is 17.0 Å². The number of aryl methyl sites for hydroxylation is 1. The molecule has 1 aliphatic rings. The highest BCUT2D eigenvalue weighted by molar-refractivity contribution is 6.07. The molecule has 0 aliphatic heterocycles. The first-order chi connectivity index (χ1) is 12.1. The van der Waals surface area contributed by atoms with Crippen LogP contribution >= 0.6 is 0 Å². The van der Waals surface area contributed by atoms with Crippen LogP contribution in [0.3, 0.4) is 0 Å². The maximum atomic E-state index is 12.8. The first-order valence-electron chi connectivity index (χ1n) is 8.28. The standard InChI is InChI=1S/C21H17NO3/c23-20(17-7-3-5-13-4-1-2-6-16(13)17)22-19-11-10-14-8-9-15(21(24)25)12-18(14)19/h1-9,12,19H,10-11H2,(H,22,23)(H,24,25)/t19-/m1/s1. The van der Waals surface area contributed by atoms with E-state index in [1.807, 2.05) is 48.5 Å². The lowest BCUT2D eigenvalue weighted by molar-refractivity contribution is 0.0696. The molecule has 0 saturated carbocycles. The molecule has 3 aromatic carbocycles. The number of benzene rings is 3. The minimum Gasteiger partial charge on any atom is -0.478 e. The lowest BCUT2D eigenvalue weighted by Gasteiger charge is -2.15. The highest BCUT2D eigenvalue weighted by Gasteiger charge is 2.25. The molecular weight excluding hydrogens is 314 g/mol. The van der Waals surface area contributed by atoms with Crippen LogP contribution in [0.25, 0.3) is 10.8 Å². The third kappa shape index (κ3) is 2.76. The summed E-state index contributed by atoms with van der Waals surface area (Å²) in [5.41, 5.74) is 2.91. The molecule has 0 unspecified atom stereocenters. The van der Waals surface area contributed by atoms with Crippen LogP contribution in [0.15, 0.2) is 60.7 Å². The number of carbonyl (C=O) groups excluding carboxylic acids is 1. The van der Waals surface area contributed by atoms with Gasteiger partial charge in [0.05, 0.1) is 11.6 Å². The van der Waals surface area contributed by atoms with E-state index in [0.29, 0.717) is 5.56 Å². The monoisotopic (exact) mass is 331 g/mol. The zero-order chi connectivity index (χ0) is 17.4. The van der Waals surface area contributed by atoms with Crippen molar-refractivity contribution in [2.75, 3.05) is 0 Å². The van der Waals surface area contributed by atoms with Crippen molar-refractivity contribution >= 4 is 22.6 Å². The van der Waals surface area contributed by atoms with Crippen molar-refractivity contribution < 1.29 is 14.7 Å². The third-order valence-electron chi connectivity index (χ3n) is 4.81. The average molecular weight is 331 g/mol. The summed E-state index contributed by atoms with van der Waals surface area (Å²) in [5, 5.41) is 14.2. The van der Waals surface area contributed by atoms with Gasteiger partial charge in [0.1, 0.15) is 0 Å². The van der Waals surface area contributed by atoms with Crippen LogP contribution in [0, 0.1) is 0 Å². The molecule has 0 radical (unpaired) electrons. The zero-order valence-electron chi connectivity index (χ0n) is 13.5. The molecule has 1 amide bonds. The summed E-state index contributed by atoms with van der Waals surface area (Å²) in [6, 6.07) is 18.5. The second-order valence-electron chi connectivity index (χ2n) is 6.31. The Kier molecular flexibility index (Phi) is 3.73. The Labute approximate surface area is 145 Å². The topological polar surface area (TPSA) is 66.4 Å². The van der Waals surface area contributed by atoms with Crippen LogP contribution < -0.4 is 5.32 Å². The normalized spacial score (nSPS) is 15.8. The van der Waals surface area contributed by atoms with E-state index in [1.165, 1.54) is 0 Å². The van der Waals surface area contributed by atoms with Crippen molar-refractivity contribution in [1.29, 1.82) is 0 Å². The fourth-order valence-corrected chi connectivity index (χ4v) is 3.54. The fraction of sp³-hybridized carbons (Fsp3) is 0.143. The quantitative estimate of drug-likeness (QED) is 0.763. The molecule has 4 nitrogen and oxygen atoms in total. The van der Waals surface area contributed by atoms with E-state index >= 15 is 0 Å². The number of carboxylic acids is 1. The number of fused-ring (bicyclic) bond motifs is 2. The van der Waals surface area contributed by atoms with Crippen LogP contribution in [0.4, 0.5) is 0 Å². The Morgan fingerprint density at radius 3 is 2.64 bits per heavy atom. The Balaban J connectivity index is 1.65. The van der Waals surface area contributed by atoms with Crippen LogP contribution in [0.1, 0.15) is 44.3 Å². The van der Waals surface area contributed by atoms with E-state index in [1.54, 1.807) is 12.1 Å². The number of amides is 1. The lowest BCUT2D eigenvalue weighted by atomic mass is 10.0. The average Bonchev–Trinajstić information content (AvgIpc) is 3.03. The van der Waals surface area contributed by atoms with E-state index in [0.717, 1.165) is 34.7 Å². The highest BCUT2D eigenvalue weighted by atomic mass is 16.4. The molecule has 25 heavy (non-hydrogen) atoms. The summed E-state index contributed by atoms with van der Waals surface area (Å²) >= 11 is 0. The summed E-state index contributed by atoms with van der Waals surface area (Å²) < 4.78 is 0. The van der Waals surface area contributed by atoms with Crippen LogP contribution in [0.5, 0.6) is 0 Å². The van der Waals surface area contributed by atoms with Gasteiger partial charge in [0, 0.05) is 5.56 Å². The Bertz CT molecular complexity index is 988. The number of nitrogens with one attached hydrogen (secondary N) is 1. The first-order valence-corrected chi connectivity index (χ1v) is 8.28. The van der Waals surface area contributed by atoms with Crippen molar-refractivity contribution in [1.82, 2.24) is 5.32 Å². The molecule has 3 aromatic rings. The van der Waals surface area contributed by atoms with Crippen LogP contribution in [-0.2, 0) is 6.42 Å². The molecule has 0 bridgehead atoms. The van der Waals surface area contributed by atoms with Gasteiger partial charge in [-0.05, 0) is 52.9 Å². The number of hydrogen-bond donors (Lipinski definition) is 2. The van der Waals surface area contributed by atoms with E-state index in [9.17, 15) is 14.7 Å². The first kappa shape index (κ1) is 15.4. The molecule has 0 spiro atoms. The SMILES string of the molecule is O=C(O)c1ccc2c(c1)[C@H](NC(=O)c1cccc3ccccc13)CC2. The van der Waals surface area contributed by atoms with E-state index in [4.69, 9.17) is 0 Å². The second kappa shape index (κ2) is 6.06. The molecule has 0 heterocycles. The van der Waals surface area contributed by atoms with Crippen molar-refractivity contribution in [3.63, 3.8) is 0 Å². The largest absolute Gasteiger partial charge is 0.478 e. The molecule has 2 N–H and O–H groups in total. The number of carboxylic acid groups (broad SMARTS) is 1. The van der Waals surface area contributed by atoms with Gasteiger partial charge < -0.3 is 10.4 Å². The fourth-order valence-electron chi connectivity index (χ4n) is 3.54. The predicted molar refractivity (Wildman–Crippen MR) is 95.9 cm³/mol. The molecule has 0 saturated heterocycles. The molecule has 0 fully saturated rings. The molecule has 124 valence electrons. The minimum atomic E-state index is -0.950. The van der Waals surface area contributed by atoms with Gasteiger partial charge >= 0.3 is 5.97 Å². The molecule has 1 aliphatic carbocycles. The van der Waals surface area contributed by atoms with Gasteiger partial charge in [0.15, 0.2) is 0 Å². The van der Waals surface area contributed by atoms with Crippen molar-refractivity contribution in [2.24, 2.45) is 0 Å². The van der Waals surface area contributed by atoms with Gasteiger partial charge in [-0.3, -0.25) is 4.79 Å². The summed E-state index contributed by atoms with van der Waals surface area (Å²) in [6.45, 7) is 0. The summed E-state index contributed by atoms with van der Waals surface area (Å²) in [5.74, 6) is -1.08. The smallest absolute Gasteiger partial charge is 0.335 e. The van der Waals surface area contributed by atoms with Crippen molar-refractivity contribution in [3.05, 3.63) is 82.9 Å². The van der Waals surface area contributed by atoms with Gasteiger partial charge in [-0.2, -0.15) is 0 Å². The summed E-state index contributed by atoms with van der Waals surface area (Å²) in [7, 11) is 0. The maximum Gasteiger partial charge on any atom is 0.335 e. The van der Waals surface area contributed by atoms with Gasteiger partial charge in [0.25, 0.3) is 5.91 Å². The van der Waals surface area contributed by atoms with E-state index in [2.05, 4.69) is 5.32 Å². The molecule has 4 rings (SSSR count). The highest BCUT2D eigenvalue weighted by Crippen LogP contribution is 2.32. The van der Waals surface area contributed by atoms with Gasteiger partial charge in [-0.25, -0.2) is 4.79 Å². The number of rotatable bonds is 3. The predicted octanol–water partition coefficient (Wildman–Crippen LogP) is 3.96.